The maximum atomic E-state index is 12.4. The van der Waals surface area contributed by atoms with Gasteiger partial charge < -0.3 is 5.11 Å². The first-order chi connectivity index (χ1) is 51.3. The van der Waals surface area contributed by atoms with Crippen LogP contribution in [0, 0.1) is 145 Å². The van der Waals surface area contributed by atoms with Crippen LogP contribution in [0.4, 0.5) is 0 Å². The van der Waals surface area contributed by atoms with Crippen molar-refractivity contribution in [3.05, 3.63) is 179 Å². The van der Waals surface area contributed by atoms with Crippen molar-refractivity contribution in [2.45, 2.75) is 288 Å². The second kappa shape index (κ2) is 29.0. The topological polar surface area (TPSA) is 88.9 Å². The third-order valence-corrected chi connectivity index (χ3v) is 36.3. The molecule has 13 unspecified atom stereocenters. The van der Waals surface area contributed by atoms with Crippen molar-refractivity contribution in [1.82, 2.24) is 19.9 Å². The molecule has 107 heavy (non-hydrogen) atoms. The lowest BCUT2D eigenvalue weighted by Gasteiger charge is -2.59. The minimum atomic E-state index is -0.705. The number of hydrogen-bond acceptors (Lipinski definition) is 6. The zero-order valence-electron chi connectivity index (χ0n) is 68.8. The molecule has 4 heterocycles. The van der Waals surface area contributed by atoms with Crippen LogP contribution in [-0.2, 0) is 10.4 Å². The Kier molecular flexibility index (Phi) is 20.5. The Balaban J connectivity index is 0.000000106. The summed E-state index contributed by atoms with van der Waals surface area (Å²) >= 11 is 0. The van der Waals surface area contributed by atoms with Crippen molar-refractivity contribution in [3.63, 3.8) is 0 Å². The number of aryl methyl sites for hydroxylation is 1. The average Bonchev–Trinajstić information content (AvgIpc) is 1.74. The second-order valence-electron chi connectivity index (χ2n) is 41.6. The zero-order chi connectivity index (χ0) is 74.7. The number of hydrogen-bond donors (Lipinski definition) is 1. The van der Waals surface area contributed by atoms with Gasteiger partial charge in [-0.15, -0.1) is 0 Å². The number of nitrogens with zero attached hydrogens (tertiary/aromatic N) is 4. The third kappa shape index (κ3) is 12.8. The van der Waals surface area contributed by atoms with E-state index in [9.17, 15) is 9.90 Å². The summed E-state index contributed by atoms with van der Waals surface area (Å²) < 4.78 is 0. The van der Waals surface area contributed by atoms with Crippen LogP contribution in [0.15, 0.2) is 157 Å². The van der Waals surface area contributed by atoms with Crippen LogP contribution in [-0.4, -0.2) is 30.8 Å². The van der Waals surface area contributed by atoms with Crippen molar-refractivity contribution in [1.29, 1.82) is 0 Å². The summed E-state index contributed by atoms with van der Waals surface area (Å²) in [5.74, 6) is 13.8. The maximum absolute atomic E-state index is 12.4. The molecule has 20 rings (SSSR count). The molecule has 0 saturated heterocycles. The van der Waals surface area contributed by atoms with Crippen molar-refractivity contribution < 1.29 is 9.90 Å². The first-order valence-electron chi connectivity index (χ1n) is 44.3. The number of fused-ring (bicyclic) bond motifs is 20. The standard InChI is InChI=1S/C25H35NO.2C25H33N.C20H30O.C6H7N/c1-17-8-11-23(2)18(15-17)6-7-20-21(23)9-12-24(3)22(20)10-13-25(24,27)19-5-4-14-26-16-19;2*1-17-10-12-24(2)19(15-17)6-7-20-22-9-8-21(18-5-4-14-26-16-18)25(22,3)13-11-23(20)24;1-13-8-10-19(2)14(12-13)4-5-15-16-6-7-18(21)20(16,3)11-9-17(15)19;1-6-3-2-4-7-5-6/h4-6,14,16-17,20-22,27H,7-13,15H2,1-3H3;2*4-6,8,14,16-17,20,22-23H,7,9-13,15H2,1-3H3;4,13,15-17H,5-12H2,1-3H3;2-5H,1H3/t17-,20?,21?,22?,23-,24-,25?;2*17-,20?,22?,23?,24-,25+;13-,15?,16?,17?,19-,20-;/m0000./s1. The first-order valence-corrected chi connectivity index (χ1v) is 44.3. The SMILES string of the molecule is C[C@H]1CC[C@@]2(C)C(=CCC3C2CC[C@@]2(C)C3CCC2(O)c2cccnc2)C1.C[C@H]1CC[C@@]2(C)C(=CCC3C2CC[C@]2(C)C(=O)CCC32)C1.C[C@H]1CC[C@@]2(C)C(=CCC3C2CC[C@]2(C)C(c4cccnc4)=CCC32)C1.C[C@H]1CC[C@@]2(C)C(=CCC3C2CC[C@]2(C)C(c4cccnc4)=CCC32)C1.Cc1cccnc1. The van der Waals surface area contributed by atoms with E-state index in [0.29, 0.717) is 50.1 Å². The Morgan fingerprint density at radius 2 is 0.692 bits per heavy atom. The van der Waals surface area contributed by atoms with Gasteiger partial charge in [-0.25, -0.2) is 0 Å². The van der Waals surface area contributed by atoms with Crippen molar-refractivity contribution >= 4 is 16.9 Å². The van der Waals surface area contributed by atoms with E-state index in [-0.39, 0.29) is 10.8 Å². The summed E-state index contributed by atoms with van der Waals surface area (Å²) in [6, 6.07) is 16.7. The van der Waals surface area contributed by atoms with Gasteiger partial charge in [-0.2, -0.15) is 0 Å². The van der Waals surface area contributed by atoms with Crippen LogP contribution in [0.1, 0.15) is 298 Å². The predicted octanol–water partition coefficient (Wildman–Crippen LogP) is 25.8. The largest absolute Gasteiger partial charge is 0.385 e. The quantitative estimate of drug-likeness (QED) is 0.206. The molecule has 16 aliphatic carbocycles. The molecule has 0 amide bonds. The van der Waals surface area contributed by atoms with Gasteiger partial charge in [-0.05, 0) is 372 Å². The zero-order valence-corrected chi connectivity index (χ0v) is 68.8. The Morgan fingerprint density at radius 3 is 1.07 bits per heavy atom. The van der Waals surface area contributed by atoms with Crippen molar-refractivity contribution in [2.75, 3.05) is 0 Å². The molecule has 0 radical (unpaired) electrons. The molecule has 0 bridgehead atoms. The number of rotatable bonds is 3. The van der Waals surface area contributed by atoms with Crippen LogP contribution in [0.25, 0.3) is 11.1 Å². The molecule has 4 aromatic rings. The Bertz CT molecular complexity index is 3940. The highest BCUT2D eigenvalue weighted by molar-refractivity contribution is 5.87. The molecule has 10 saturated carbocycles. The van der Waals surface area contributed by atoms with Crippen molar-refractivity contribution in [2.24, 2.45) is 138 Å². The molecular formula is C101H138N4O2. The molecule has 25 atom stereocenters. The van der Waals surface area contributed by atoms with Gasteiger partial charge in [0.25, 0.3) is 0 Å². The van der Waals surface area contributed by atoms with Crippen LogP contribution >= 0.6 is 0 Å². The summed E-state index contributed by atoms with van der Waals surface area (Å²) in [5, 5.41) is 11.9. The molecule has 0 aliphatic heterocycles. The fourth-order valence-electron chi connectivity index (χ4n) is 29.8. The maximum Gasteiger partial charge on any atom is 0.139 e. The van der Waals surface area contributed by atoms with Crippen molar-refractivity contribution in [3.8, 4) is 0 Å². The summed E-state index contributed by atoms with van der Waals surface area (Å²) in [6.45, 7) is 31.9. The van der Waals surface area contributed by atoms with Gasteiger partial charge in [0.1, 0.15) is 5.78 Å². The molecular weight excluding hydrogens is 1300 g/mol. The number of ketones is 1. The molecule has 0 spiro atoms. The van der Waals surface area contributed by atoms with Gasteiger partial charge in [0.05, 0.1) is 5.60 Å². The van der Waals surface area contributed by atoms with Crippen LogP contribution in [0.5, 0.6) is 0 Å². The highest BCUT2D eigenvalue weighted by atomic mass is 16.3. The number of carbonyl (C=O) groups excluding carboxylic acids is 1. The number of aliphatic hydroxyl groups is 1. The molecule has 1 N–H and O–H groups in total. The van der Waals surface area contributed by atoms with Gasteiger partial charge in [-0.1, -0.05) is 166 Å². The number of carbonyl (C=O) groups is 1. The van der Waals surface area contributed by atoms with Gasteiger partial charge in [-0.3, -0.25) is 24.7 Å². The van der Waals surface area contributed by atoms with Gasteiger partial charge in [0.2, 0.25) is 0 Å². The van der Waals surface area contributed by atoms with Gasteiger partial charge >= 0.3 is 0 Å². The summed E-state index contributed by atoms with van der Waals surface area (Å²) in [7, 11) is 0. The summed E-state index contributed by atoms with van der Waals surface area (Å²) in [5.41, 5.74) is 17.2. The van der Waals surface area contributed by atoms with E-state index in [0.717, 1.165) is 114 Å². The molecule has 6 heteroatoms. The number of allylic oxidation sites excluding steroid dienone is 12. The highest BCUT2D eigenvalue weighted by Gasteiger charge is 2.66. The Labute approximate surface area is 648 Å². The van der Waals surface area contributed by atoms with Crippen LogP contribution < -0.4 is 0 Å². The summed E-state index contributed by atoms with van der Waals surface area (Å²) in [6.07, 6.45) is 69.9. The first kappa shape index (κ1) is 75.7. The smallest absolute Gasteiger partial charge is 0.139 e. The fourth-order valence-corrected chi connectivity index (χ4v) is 29.8. The van der Waals surface area contributed by atoms with E-state index in [2.05, 4.69) is 182 Å². The van der Waals surface area contributed by atoms with Crippen LogP contribution in [0.3, 0.4) is 0 Å². The molecule has 10 fully saturated rings. The Morgan fingerprint density at radius 1 is 0.346 bits per heavy atom. The average molecular weight is 1440 g/mol. The van der Waals surface area contributed by atoms with E-state index in [4.69, 9.17) is 0 Å². The molecule has 4 aromatic heterocycles. The molecule has 0 aromatic carbocycles. The lowest BCUT2D eigenvalue weighted by atomic mass is 9.46. The van der Waals surface area contributed by atoms with E-state index in [1.54, 1.807) is 28.5 Å². The Hall–Kier alpha value is -5.33. The van der Waals surface area contributed by atoms with E-state index in [1.165, 1.54) is 184 Å². The van der Waals surface area contributed by atoms with E-state index >= 15 is 0 Å². The minimum Gasteiger partial charge on any atom is -0.385 e. The number of Topliss-reactive ketones (excluding diaryl/α,β-unsaturated/α-hetero) is 1. The number of aromatic nitrogens is 4. The molecule has 6 nitrogen and oxygen atoms in total. The van der Waals surface area contributed by atoms with Gasteiger partial charge in [0.15, 0.2) is 0 Å². The second-order valence-corrected chi connectivity index (χ2v) is 41.6. The summed E-state index contributed by atoms with van der Waals surface area (Å²) in [4.78, 5) is 29.4. The van der Waals surface area contributed by atoms with Gasteiger partial charge in [0, 0.05) is 72.4 Å². The predicted molar refractivity (Wildman–Crippen MR) is 441 cm³/mol. The highest BCUT2D eigenvalue weighted by Crippen LogP contribution is 2.72. The van der Waals surface area contributed by atoms with Crippen LogP contribution in [0.2, 0.25) is 0 Å². The van der Waals surface area contributed by atoms with E-state index in [1.807, 2.05) is 67.3 Å². The van der Waals surface area contributed by atoms with E-state index < -0.39 is 5.60 Å². The lowest BCUT2D eigenvalue weighted by molar-refractivity contribution is -0.131. The molecule has 16 aliphatic rings. The normalized spacial score (nSPS) is 44.9. The lowest BCUT2D eigenvalue weighted by Crippen LogP contribution is -2.53. The number of pyridine rings is 4. The fraction of sp³-hybridized carbons (Fsp3) is 0.673. The monoisotopic (exact) mass is 1440 g/mol. The molecule has 574 valence electrons. The third-order valence-electron chi connectivity index (χ3n) is 36.3. The minimum absolute atomic E-state index is 0.0130.